The Morgan fingerprint density at radius 2 is 2.14 bits per heavy atom. The van der Waals surface area contributed by atoms with Crippen LogP contribution < -0.4 is 16.2 Å². The number of aliphatic hydroxyl groups excluding tert-OH is 1. The number of urea groups is 1. The Bertz CT molecular complexity index is 859. The van der Waals surface area contributed by atoms with E-state index in [2.05, 4.69) is 34.0 Å². The van der Waals surface area contributed by atoms with Gasteiger partial charge in [-0.3, -0.25) is 9.88 Å². The van der Waals surface area contributed by atoms with Gasteiger partial charge in [0, 0.05) is 24.2 Å². The number of amides is 2. The van der Waals surface area contributed by atoms with E-state index < -0.39 is 12.1 Å². The van der Waals surface area contributed by atoms with E-state index in [0.717, 1.165) is 41.7 Å². The molecule has 1 aromatic heterocycles. The Balaban J connectivity index is 0.000000552. The summed E-state index contributed by atoms with van der Waals surface area (Å²) in [5.74, 6) is 2.01. The minimum Gasteiger partial charge on any atom is -0.497 e. The van der Waals surface area contributed by atoms with Crippen molar-refractivity contribution in [2.75, 3.05) is 20.2 Å². The molecule has 29 heavy (non-hydrogen) atoms. The number of nitrogens with two attached hydrogens (primary N) is 2. The third kappa shape index (κ3) is 4.98. The monoisotopic (exact) mass is 420 g/mol. The Kier molecular flexibility index (Phi) is 7.84. The fraction of sp³-hybridized carbons (Fsp3) is 0.429. The lowest BCUT2D eigenvalue weighted by molar-refractivity contribution is -0.0444. The number of aromatic nitrogens is 1. The van der Waals surface area contributed by atoms with Crippen molar-refractivity contribution < 1.29 is 14.6 Å². The first-order chi connectivity index (χ1) is 13.4. The summed E-state index contributed by atoms with van der Waals surface area (Å²) in [4.78, 5) is 15.9. The number of fused-ring (bicyclic) bond motifs is 4. The van der Waals surface area contributed by atoms with E-state index in [1.54, 1.807) is 13.3 Å². The average molecular weight is 421 g/mol. The van der Waals surface area contributed by atoms with E-state index in [4.69, 9.17) is 9.53 Å². The van der Waals surface area contributed by atoms with Gasteiger partial charge in [-0.2, -0.15) is 0 Å². The second-order valence-electron chi connectivity index (χ2n) is 7.38. The van der Waals surface area contributed by atoms with Crippen molar-refractivity contribution >= 4 is 29.3 Å². The zero-order valence-corrected chi connectivity index (χ0v) is 17.3. The molecule has 0 saturated carbocycles. The number of hydrogen-bond donors (Lipinski definition) is 3. The van der Waals surface area contributed by atoms with E-state index in [1.165, 1.54) is 6.42 Å². The van der Waals surface area contributed by atoms with Gasteiger partial charge < -0.3 is 21.3 Å². The maximum Gasteiger partial charge on any atom is 0.309 e. The molecule has 2 aromatic rings. The van der Waals surface area contributed by atoms with Crippen LogP contribution in [-0.4, -0.2) is 47.3 Å². The van der Waals surface area contributed by atoms with Gasteiger partial charge in [0.25, 0.3) is 0 Å². The van der Waals surface area contributed by atoms with Crippen LogP contribution in [0.5, 0.6) is 5.75 Å². The summed E-state index contributed by atoms with van der Waals surface area (Å²) in [5, 5.41) is 12.1. The molecule has 3 fully saturated rings. The summed E-state index contributed by atoms with van der Waals surface area (Å²) in [5.41, 5.74) is 10.3. The van der Waals surface area contributed by atoms with Crippen molar-refractivity contribution in [3.05, 3.63) is 48.7 Å². The van der Waals surface area contributed by atoms with Gasteiger partial charge in [-0.1, -0.05) is 6.08 Å². The molecule has 0 radical (unpaired) electrons. The number of pyridine rings is 1. The summed E-state index contributed by atoms with van der Waals surface area (Å²) in [6, 6.07) is 7.12. The second kappa shape index (κ2) is 9.91. The van der Waals surface area contributed by atoms with Crippen LogP contribution in [0.3, 0.4) is 0 Å². The third-order valence-electron chi connectivity index (χ3n) is 5.82. The summed E-state index contributed by atoms with van der Waals surface area (Å²) in [6.45, 7) is 6.07. The molecule has 1 unspecified atom stereocenters. The number of primary amides is 2. The minimum atomic E-state index is -0.833. The van der Waals surface area contributed by atoms with Gasteiger partial charge in [-0.15, -0.1) is 19.0 Å². The highest BCUT2D eigenvalue weighted by atomic mass is 35.5. The Morgan fingerprint density at radius 1 is 1.41 bits per heavy atom. The van der Waals surface area contributed by atoms with Gasteiger partial charge in [-0.25, -0.2) is 4.79 Å². The molecule has 3 saturated heterocycles. The van der Waals surface area contributed by atoms with E-state index in [-0.39, 0.29) is 18.4 Å². The molecular formula is C21H29ClN4O3. The molecule has 8 heteroatoms. The van der Waals surface area contributed by atoms with E-state index in [1.807, 2.05) is 24.3 Å². The normalized spacial score (nSPS) is 25.9. The summed E-state index contributed by atoms with van der Waals surface area (Å²) in [6.07, 6.45) is 5.62. The average Bonchev–Trinajstić information content (AvgIpc) is 2.72. The van der Waals surface area contributed by atoms with Crippen molar-refractivity contribution in [3.63, 3.8) is 0 Å². The van der Waals surface area contributed by atoms with Crippen LogP contribution in [0.25, 0.3) is 10.9 Å². The summed E-state index contributed by atoms with van der Waals surface area (Å²) >= 11 is 0. The number of nitrogens with zero attached hydrogens (tertiary/aromatic N) is 2. The number of piperidine rings is 3. The quantitative estimate of drug-likeness (QED) is 0.657. The molecule has 0 spiro atoms. The smallest absolute Gasteiger partial charge is 0.309 e. The lowest BCUT2D eigenvalue weighted by atomic mass is 9.73. The van der Waals surface area contributed by atoms with Crippen LogP contribution in [0.4, 0.5) is 4.79 Å². The fourth-order valence-corrected chi connectivity index (χ4v) is 4.44. The van der Waals surface area contributed by atoms with Crippen molar-refractivity contribution in [2.45, 2.75) is 25.0 Å². The fourth-order valence-electron chi connectivity index (χ4n) is 4.44. The van der Waals surface area contributed by atoms with Crippen LogP contribution in [0.2, 0.25) is 0 Å². The highest BCUT2D eigenvalue weighted by Crippen LogP contribution is 2.42. The number of halogens is 1. The predicted molar refractivity (Wildman–Crippen MR) is 116 cm³/mol. The number of ether oxygens (including phenoxy) is 1. The van der Waals surface area contributed by atoms with Gasteiger partial charge >= 0.3 is 6.03 Å². The lowest BCUT2D eigenvalue weighted by Crippen LogP contribution is -2.54. The molecule has 0 aliphatic carbocycles. The molecule has 5 atom stereocenters. The van der Waals surface area contributed by atoms with Gasteiger partial charge in [0.05, 0.1) is 18.7 Å². The SMILES string of the molecule is C=C[C@H]1CN2CC[C@H]1C[C@H]2[C@H](O)c1ccnc2ccc(OC)cc12.Cl.NC(N)=O. The number of aliphatic hydroxyl groups is 1. The molecule has 3 aliphatic heterocycles. The molecule has 5 rings (SSSR count). The molecule has 1 aromatic carbocycles. The number of rotatable bonds is 4. The molecule has 158 valence electrons. The van der Waals surface area contributed by atoms with Crippen molar-refractivity contribution in [2.24, 2.45) is 23.3 Å². The zero-order valence-electron chi connectivity index (χ0n) is 16.5. The highest BCUT2D eigenvalue weighted by Gasteiger charge is 2.42. The van der Waals surface area contributed by atoms with Crippen LogP contribution in [-0.2, 0) is 0 Å². The van der Waals surface area contributed by atoms with Crippen molar-refractivity contribution in [1.29, 1.82) is 0 Å². The van der Waals surface area contributed by atoms with Crippen LogP contribution >= 0.6 is 12.4 Å². The number of hydrogen-bond acceptors (Lipinski definition) is 5. The molecule has 4 heterocycles. The van der Waals surface area contributed by atoms with Gasteiger partial charge in [0.1, 0.15) is 5.75 Å². The molecular weight excluding hydrogens is 392 g/mol. The predicted octanol–water partition coefficient (Wildman–Crippen LogP) is 2.62. The van der Waals surface area contributed by atoms with Gasteiger partial charge in [0.15, 0.2) is 0 Å². The highest BCUT2D eigenvalue weighted by molar-refractivity contribution is 5.85. The lowest BCUT2D eigenvalue weighted by Gasteiger charge is -2.50. The Hall–Kier alpha value is -2.35. The first-order valence-electron chi connectivity index (χ1n) is 9.46. The van der Waals surface area contributed by atoms with E-state index in [9.17, 15) is 5.11 Å². The summed E-state index contributed by atoms with van der Waals surface area (Å²) < 4.78 is 5.35. The Labute approximate surface area is 177 Å². The van der Waals surface area contributed by atoms with Crippen LogP contribution in [0.15, 0.2) is 43.1 Å². The first kappa shape index (κ1) is 22.9. The van der Waals surface area contributed by atoms with E-state index in [0.29, 0.717) is 11.8 Å². The molecule has 2 amide bonds. The largest absolute Gasteiger partial charge is 0.497 e. The van der Waals surface area contributed by atoms with Crippen molar-refractivity contribution in [1.82, 2.24) is 9.88 Å². The maximum atomic E-state index is 11.2. The van der Waals surface area contributed by atoms with Crippen LogP contribution in [0.1, 0.15) is 24.5 Å². The third-order valence-corrected chi connectivity index (χ3v) is 5.82. The standard InChI is InChI=1S/C20H24N2O2.CH4N2O.ClH/c1-3-13-12-22-9-7-14(13)10-19(22)20(23)16-6-8-21-18-5-4-15(24-2)11-17(16)18;2-1(3)4;/h3-6,8,11,13-14,19-20,23H,1,7,9-10,12H2,2H3;(H4,2,3,4);1H/t13-,14-,19-,20+;;/m0../s1. The number of carbonyl (C=O) groups is 1. The summed E-state index contributed by atoms with van der Waals surface area (Å²) in [7, 11) is 1.66. The maximum absolute atomic E-state index is 11.2. The molecule has 2 bridgehead atoms. The van der Waals surface area contributed by atoms with Crippen LogP contribution in [0, 0.1) is 11.8 Å². The zero-order chi connectivity index (χ0) is 20.3. The topological polar surface area (TPSA) is 115 Å². The molecule has 3 aliphatic rings. The number of benzene rings is 1. The van der Waals surface area contributed by atoms with Crippen molar-refractivity contribution in [3.8, 4) is 5.75 Å². The van der Waals surface area contributed by atoms with Gasteiger partial charge in [-0.05, 0) is 61.1 Å². The second-order valence-corrected chi connectivity index (χ2v) is 7.38. The minimum absolute atomic E-state index is 0. The molecule has 7 nitrogen and oxygen atoms in total. The Morgan fingerprint density at radius 3 is 2.72 bits per heavy atom. The first-order valence-corrected chi connectivity index (χ1v) is 9.46. The molecule has 5 N–H and O–H groups in total. The number of carbonyl (C=O) groups excluding carboxylic acids is 1. The van der Waals surface area contributed by atoms with Gasteiger partial charge in [0.2, 0.25) is 0 Å². The van der Waals surface area contributed by atoms with E-state index >= 15 is 0 Å². The number of methoxy groups -OCH3 is 1.